The zero-order valence-corrected chi connectivity index (χ0v) is 10.4. The predicted molar refractivity (Wildman–Crippen MR) is 65.9 cm³/mol. The zero-order chi connectivity index (χ0) is 12.4. The van der Waals surface area contributed by atoms with Gasteiger partial charge in [-0.2, -0.15) is 4.98 Å². The summed E-state index contributed by atoms with van der Waals surface area (Å²) in [4.78, 5) is 8.57. The van der Waals surface area contributed by atoms with Gasteiger partial charge in [-0.1, -0.05) is 11.2 Å². The Kier molecular flexibility index (Phi) is 2.83. The van der Waals surface area contributed by atoms with E-state index in [0.29, 0.717) is 18.1 Å². The zero-order valence-electron chi connectivity index (χ0n) is 10.4. The van der Waals surface area contributed by atoms with Gasteiger partial charge < -0.3 is 9.84 Å². The Morgan fingerprint density at radius 3 is 3.17 bits per heavy atom. The van der Waals surface area contributed by atoms with Crippen molar-refractivity contribution < 1.29 is 4.52 Å². The molecule has 1 fully saturated rings. The van der Waals surface area contributed by atoms with Crippen molar-refractivity contribution in [3.05, 3.63) is 41.8 Å². The number of nitrogens with one attached hydrogen (secondary N) is 1. The summed E-state index contributed by atoms with van der Waals surface area (Å²) in [6.45, 7) is 3.12. The van der Waals surface area contributed by atoms with Gasteiger partial charge in [0.1, 0.15) is 0 Å². The van der Waals surface area contributed by atoms with Crippen molar-refractivity contribution in [1.29, 1.82) is 0 Å². The summed E-state index contributed by atoms with van der Waals surface area (Å²) in [5, 5.41) is 7.47. The standard InChI is InChI=1S/C13H16N4O/c1-13(5-3-7-15-13)12-16-11(17-18-12)8-10-4-2-6-14-9-10/h2,4,6,9,15H,3,5,7-8H2,1H3. The Balaban J connectivity index is 1.78. The molecule has 5 nitrogen and oxygen atoms in total. The van der Waals surface area contributed by atoms with Crippen LogP contribution >= 0.6 is 0 Å². The van der Waals surface area contributed by atoms with E-state index >= 15 is 0 Å². The molecule has 1 N–H and O–H groups in total. The molecule has 0 aliphatic carbocycles. The lowest BCUT2D eigenvalue weighted by molar-refractivity contribution is 0.274. The van der Waals surface area contributed by atoms with E-state index in [0.717, 1.165) is 24.9 Å². The Bertz CT molecular complexity index is 517. The Labute approximate surface area is 106 Å². The predicted octanol–water partition coefficient (Wildman–Crippen LogP) is 1.65. The molecule has 2 aromatic heterocycles. The third-order valence-electron chi connectivity index (χ3n) is 3.39. The highest BCUT2D eigenvalue weighted by Crippen LogP contribution is 2.28. The molecule has 3 heterocycles. The van der Waals surface area contributed by atoms with E-state index in [4.69, 9.17) is 4.52 Å². The first-order valence-corrected chi connectivity index (χ1v) is 6.23. The Morgan fingerprint density at radius 1 is 1.50 bits per heavy atom. The SMILES string of the molecule is CC1(c2nc(Cc3cccnc3)no2)CCCN1. The van der Waals surface area contributed by atoms with E-state index in [1.807, 2.05) is 18.3 Å². The number of hydrogen-bond acceptors (Lipinski definition) is 5. The van der Waals surface area contributed by atoms with Crippen LogP contribution in [0.25, 0.3) is 0 Å². The van der Waals surface area contributed by atoms with Gasteiger partial charge in [-0.15, -0.1) is 0 Å². The van der Waals surface area contributed by atoms with Crippen molar-refractivity contribution in [1.82, 2.24) is 20.4 Å². The van der Waals surface area contributed by atoms with Gasteiger partial charge in [-0.3, -0.25) is 4.98 Å². The van der Waals surface area contributed by atoms with Crippen LogP contribution in [0.2, 0.25) is 0 Å². The molecular weight excluding hydrogens is 228 g/mol. The number of hydrogen-bond donors (Lipinski definition) is 1. The summed E-state index contributed by atoms with van der Waals surface area (Å²) in [7, 11) is 0. The summed E-state index contributed by atoms with van der Waals surface area (Å²) in [5.74, 6) is 1.41. The monoisotopic (exact) mass is 244 g/mol. The van der Waals surface area contributed by atoms with E-state index in [1.54, 1.807) is 6.20 Å². The normalized spacial score (nSPS) is 23.4. The van der Waals surface area contributed by atoms with Gasteiger partial charge in [-0.05, 0) is 37.9 Å². The summed E-state index contributed by atoms with van der Waals surface area (Å²) < 4.78 is 5.38. The van der Waals surface area contributed by atoms with Crippen molar-refractivity contribution in [3.8, 4) is 0 Å². The highest BCUT2D eigenvalue weighted by molar-refractivity contribution is 5.14. The lowest BCUT2D eigenvalue weighted by Crippen LogP contribution is -2.33. The average Bonchev–Trinajstić information content (AvgIpc) is 3.01. The van der Waals surface area contributed by atoms with Gasteiger partial charge in [0.05, 0.1) is 5.54 Å². The molecule has 2 aromatic rings. The molecule has 3 rings (SSSR count). The second-order valence-electron chi connectivity index (χ2n) is 4.92. The first-order valence-electron chi connectivity index (χ1n) is 6.23. The Hall–Kier alpha value is -1.75. The lowest BCUT2D eigenvalue weighted by Gasteiger charge is -2.18. The fourth-order valence-electron chi connectivity index (χ4n) is 2.31. The first-order chi connectivity index (χ1) is 8.76. The van der Waals surface area contributed by atoms with Crippen molar-refractivity contribution in [2.45, 2.75) is 31.7 Å². The van der Waals surface area contributed by atoms with Crippen LogP contribution in [-0.2, 0) is 12.0 Å². The number of pyridine rings is 1. The molecule has 0 aromatic carbocycles. The van der Waals surface area contributed by atoms with Crippen molar-refractivity contribution in [2.24, 2.45) is 0 Å². The maximum atomic E-state index is 5.38. The largest absolute Gasteiger partial charge is 0.337 e. The van der Waals surface area contributed by atoms with Crippen LogP contribution in [0.1, 0.15) is 37.0 Å². The van der Waals surface area contributed by atoms with Crippen LogP contribution in [0.15, 0.2) is 29.0 Å². The van der Waals surface area contributed by atoms with E-state index in [9.17, 15) is 0 Å². The minimum atomic E-state index is -0.153. The van der Waals surface area contributed by atoms with Gasteiger partial charge >= 0.3 is 0 Å². The molecule has 0 bridgehead atoms. The molecular formula is C13H16N4O. The second kappa shape index (κ2) is 4.49. The van der Waals surface area contributed by atoms with E-state index in [-0.39, 0.29) is 5.54 Å². The van der Waals surface area contributed by atoms with Gasteiger partial charge in [-0.25, -0.2) is 0 Å². The van der Waals surface area contributed by atoms with Crippen LogP contribution in [0.5, 0.6) is 0 Å². The molecule has 1 aliphatic rings. The number of rotatable bonds is 3. The van der Waals surface area contributed by atoms with Crippen molar-refractivity contribution >= 4 is 0 Å². The highest BCUT2D eigenvalue weighted by Gasteiger charge is 2.35. The molecule has 1 saturated heterocycles. The number of nitrogens with zero attached hydrogens (tertiary/aromatic N) is 3. The lowest BCUT2D eigenvalue weighted by atomic mass is 10.0. The minimum absolute atomic E-state index is 0.153. The summed E-state index contributed by atoms with van der Waals surface area (Å²) in [6.07, 6.45) is 6.44. The van der Waals surface area contributed by atoms with Gasteiger partial charge in [0.2, 0.25) is 5.89 Å². The quantitative estimate of drug-likeness (QED) is 0.889. The molecule has 1 aliphatic heterocycles. The molecule has 1 atom stereocenters. The number of aromatic nitrogens is 3. The molecule has 5 heteroatoms. The van der Waals surface area contributed by atoms with Crippen LogP contribution < -0.4 is 5.32 Å². The van der Waals surface area contributed by atoms with Crippen LogP contribution in [-0.4, -0.2) is 21.7 Å². The topological polar surface area (TPSA) is 63.8 Å². The van der Waals surface area contributed by atoms with Gasteiger partial charge in [0, 0.05) is 18.8 Å². The molecule has 0 radical (unpaired) electrons. The van der Waals surface area contributed by atoms with Crippen LogP contribution in [0, 0.1) is 0 Å². The van der Waals surface area contributed by atoms with Gasteiger partial charge in [0.15, 0.2) is 5.82 Å². The maximum absolute atomic E-state index is 5.38. The van der Waals surface area contributed by atoms with Crippen molar-refractivity contribution in [3.63, 3.8) is 0 Å². The molecule has 94 valence electrons. The third kappa shape index (κ3) is 2.13. The van der Waals surface area contributed by atoms with Crippen LogP contribution in [0.3, 0.4) is 0 Å². The minimum Gasteiger partial charge on any atom is -0.337 e. The molecule has 0 saturated carbocycles. The highest BCUT2D eigenvalue weighted by atomic mass is 16.5. The van der Waals surface area contributed by atoms with E-state index in [2.05, 4.69) is 27.4 Å². The van der Waals surface area contributed by atoms with Gasteiger partial charge in [0.25, 0.3) is 0 Å². The Morgan fingerprint density at radius 2 is 2.44 bits per heavy atom. The smallest absolute Gasteiger partial charge is 0.246 e. The average molecular weight is 244 g/mol. The molecule has 1 unspecified atom stereocenters. The fraction of sp³-hybridized carbons (Fsp3) is 0.462. The third-order valence-corrected chi connectivity index (χ3v) is 3.39. The fourth-order valence-corrected chi connectivity index (χ4v) is 2.31. The van der Waals surface area contributed by atoms with E-state index < -0.39 is 0 Å². The molecule has 0 spiro atoms. The first kappa shape index (κ1) is 11.3. The van der Waals surface area contributed by atoms with Crippen molar-refractivity contribution in [2.75, 3.05) is 6.54 Å². The van der Waals surface area contributed by atoms with E-state index in [1.165, 1.54) is 0 Å². The second-order valence-corrected chi connectivity index (χ2v) is 4.92. The van der Waals surface area contributed by atoms with Crippen LogP contribution in [0.4, 0.5) is 0 Å². The molecule has 0 amide bonds. The maximum Gasteiger partial charge on any atom is 0.246 e. The summed E-state index contributed by atoms with van der Waals surface area (Å²) in [5.41, 5.74) is 0.939. The molecule has 18 heavy (non-hydrogen) atoms. The summed E-state index contributed by atoms with van der Waals surface area (Å²) >= 11 is 0. The summed E-state index contributed by atoms with van der Waals surface area (Å²) in [6, 6.07) is 3.93.